The summed E-state index contributed by atoms with van der Waals surface area (Å²) >= 11 is 0. The SMILES string of the molecule is CC(C)CC(=O)Nc1ccc(-c2nnn(CC(=O)N3CCc4ccccc4C3)n2)cc1. The fourth-order valence-electron chi connectivity index (χ4n) is 3.64. The molecule has 4 rings (SSSR count). The van der Waals surface area contributed by atoms with Crippen molar-refractivity contribution in [3.63, 3.8) is 0 Å². The van der Waals surface area contributed by atoms with Crippen molar-refractivity contribution in [2.75, 3.05) is 11.9 Å². The number of fused-ring (bicyclic) bond motifs is 1. The molecule has 0 atom stereocenters. The van der Waals surface area contributed by atoms with Gasteiger partial charge in [-0.1, -0.05) is 38.1 Å². The van der Waals surface area contributed by atoms with Crippen molar-refractivity contribution in [1.29, 1.82) is 0 Å². The summed E-state index contributed by atoms with van der Waals surface area (Å²) in [7, 11) is 0. The van der Waals surface area contributed by atoms with Crippen LogP contribution >= 0.6 is 0 Å². The van der Waals surface area contributed by atoms with E-state index in [-0.39, 0.29) is 18.4 Å². The van der Waals surface area contributed by atoms with E-state index in [0.29, 0.717) is 31.3 Å². The van der Waals surface area contributed by atoms with E-state index in [4.69, 9.17) is 0 Å². The summed E-state index contributed by atoms with van der Waals surface area (Å²) in [6.07, 6.45) is 1.34. The van der Waals surface area contributed by atoms with E-state index >= 15 is 0 Å². The summed E-state index contributed by atoms with van der Waals surface area (Å²) in [6.45, 7) is 5.37. The molecule has 1 aromatic heterocycles. The lowest BCUT2D eigenvalue weighted by atomic mass is 10.00. The number of carbonyl (C=O) groups excluding carboxylic acids is 2. The van der Waals surface area contributed by atoms with Gasteiger partial charge in [0, 0.05) is 30.8 Å². The molecule has 0 unspecified atom stereocenters. The first-order valence-corrected chi connectivity index (χ1v) is 10.5. The van der Waals surface area contributed by atoms with Gasteiger partial charge in [0.2, 0.25) is 17.6 Å². The minimum Gasteiger partial charge on any atom is -0.336 e. The number of nitrogens with one attached hydrogen (secondary N) is 1. The molecule has 0 radical (unpaired) electrons. The third-order valence-corrected chi connectivity index (χ3v) is 5.23. The van der Waals surface area contributed by atoms with Gasteiger partial charge in [0.15, 0.2) is 0 Å². The molecule has 1 N–H and O–H groups in total. The predicted molar refractivity (Wildman–Crippen MR) is 117 cm³/mol. The lowest BCUT2D eigenvalue weighted by Crippen LogP contribution is -2.38. The number of rotatable bonds is 6. The van der Waals surface area contributed by atoms with Crippen LogP contribution in [-0.4, -0.2) is 43.5 Å². The van der Waals surface area contributed by atoms with Crippen LogP contribution in [0.5, 0.6) is 0 Å². The van der Waals surface area contributed by atoms with Crippen molar-refractivity contribution < 1.29 is 9.59 Å². The number of benzene rings is 2. The highest BCUT2D eigenvalue weighted by atomic mass is 16.2. The molecule has 31 heavy (non-hydrogen) atoms. The molecule has 8 nitrogen and oxygen atoms in total. The van der Waals surface area contributed by atoms with Crippen LogP contribution in [0.1, 0.15) is 31.4 Å². The van der Waals surface area contributed by atoms with Crippen molar-refractivity contribution in [3.8, 4) is 11.4 Å². The average Bonchev–Trinajstić information content (AvgIpc) is 3.21. The fourth-order valence-corrected chi connectivity index (χ4v) is 3.64. The zero-order chi connectivity index (χ0) is 21.8. The highest BCUT2D eigenvalue weighted by Crippen LogP contribution is 2.20. The van der Waals surface area contributed by atoms with E-state index < -0.39 is 0 Å². The first-order chi connectivity index (χ1) is 15.0. The van der Waals surface area contributed by atoms with Crippen LogP contribution in [0.25, 0.3) is 11.4 Å². The van der Waals surface area contributed by atoms with Crippen molar-refractivity contribution in [2.24, 2.45) is 5.92 Å². The largest absolute Gasteiger partial charge is 0.336 e. The molecule has 0 aliphatic carbocycles. The van der Waals surface area contributed by atoms with Crippen LogP contribution in [0.2, 0.25) is 0 Å². The molecular weight excluding hydrogens is 392 g/mol. The number of aromatic nitrogens is 4. The number of carbonyl (C=O) groups is 2. The molecule has 1 aliphatic rings. The van der Waals surface area contributed by atoms with Crippen LogP contribution in [0.15, 0.2) is 48.5 Å². The molecule has 2 aromatic carbocycles. The standard InChI is InChI=1S/C23H26N6O2/c1-16(2)13-21(30)24-20-9-7-18(8-10-20)23-25-27-29(26-23)15-22(31)28-12-11-17-5-3-4-6-19(17)14-28/h3-10,16H,11-15H2,1-2H3,(H,24,30). The van der Waals surface area contributed by atoms with Gasteiger partial charge < -0.3 is 10.2 Å². The summed E-state index contributed by atoms with van der Waals surface area (Å²) in [5.41, 5.74) is 3.99. The molecule has 0 saturated heterocycles. The van der Waals surface area contributed by atoms with Gasteiger partial charge in [-0.25, -0.2) is 0 Å². The van der Waals surface area contributed by atoms with Crippen LogP contribution in [-0.2, 0) is 29.1 Å². The number of anilines is 1. The molecule has 3 aromatic rings. The van der Waals surface area contributed by atoms with E-state index in [0.717, 1.165) is 17.7 Å². The van der Waals surface area contributed by atoms with Crippen LogP contribution in [0, 0.1) is 5.92 Å². The Morgan fingerprint density at radius 2 is 1.81 bits per heavy atom. The Labute approximate surface area is 181 Å². The zero-order valence-corrected chi connectivity index (χ0v) is 17.8. The molecule has 0 saturated carbocycles. The van der Waals surface area contributed by atoms with Gasteiger partial charge in [-0.3, -0.25) is 9.59 Å². The second-order valence-corrected chi connectivity index (χ2v) is 8.20. The Kier molecular flexibility index (Phi) is 6.06. The van der Waals surface area contributed by atoms with E-state index in [1.54, 1.807) is 0 Å². The van der Waals surface area contributed by atoms with E-state index in [1.165, 1.54) is 15.9 Å². The van der Waals surface area contributed by atoms with Crippen molar-refractivity contribution in [2.45, 2.75) is 39.8 Å². The third kappa shape index (κ3) is 5.14. The quantitative estimate of drug-likeness (QED) is 0.664. The monoisotopic (exact) mass is 418 g/mol. The molecule has 0 spiro atoms. The van der Waals surface area contributed by atoms with Gasteiger partial charge in [-0.05, 0) is 52.9 Å². The summed E-state index contributed by atoms with van der Waals surface area (Å²) in [4.78, 5) is 27.8. The maximum atomic E-state index is 12.7. The number of tetrazole rings is 1. The molecule has 1 aliphatic heterocycles. The maximum absolute atomic E-state index is 12.7. The van der Waals surface area contributed by atoms with Crippen LogP contribution in [0.3, 0.4) is 0 Å². The molecule has 0 fully saturated rings. The number of hydrogen-bond donors (Lipinski definition) is 1. The minimum atomic E-state index is -0.0262. The molecule has 160 valence electrons. The first kappa shape index (κ1) is 20.7. The highest BCUT2D eigenvalue weighted by Gasteiger charge is 2.21. The Morgan fingerprint density at radius 3 is 2.55 bits per heavy atom. The van der Waals surface area contributed by atoms with Crippen LogP contribution in [0.4, 0.5) is 5.69 Å². The molecule has 2 heterocycles. The zero-order valence-electron chi connectivity index (χ0n) is 17.8. The minimum absolute atomic E-state index is 0.00864. The Balaban J connectivity index is 1.36. The Hall–Kier alpha value is -3.55. The van der Waals surface area contributed by atoms with Crippen LogP contribution < -0.4 is 5.32 Å². The topological polar surface area (TPSA) is 93.0 Å². The molecule has 0 bridgehead atoms. The lowest BCUT2D eigenvalue weighted by molar-refractivity contribution is -0.133. The van der Waals surface area contributed by atoms with Crippen molar-refractivity contribution in [3.05, 3.63) is 59.7 Å². The maximum Gasteiger partial charge on any atom is 0.246 e. The van der Waals surface area contributed by atoms with E-state index in [9.17, 15) is 9.59 Å². The van der Waals surface area contributed by atoms with Gasteiger partial charge in [0.1, 0.15) is 6.54 Å². The smallest absolute Gasteiger partial charge is 0.246 e. The highest BCUT2D eigenvalue weighted by molar-refractivity contribution is 5.91. The third-order valence-electron chi connectivity index (χ3n) is 5.23. The van der Waals surface area contributed by atoms with Gasteiger partial charge in [-0.15, -0.1) is 10.2 Å². The van der Waals surface area contributed by atoms with Gasteiger partial charge in [-0.2, -0.15) is 4.80 Å². The predicted octanol–water partition coefficient (Wildman–Crippen LogP) is 2.91. The van der Waals surface area contributed by atoms with Gasteiger partial charge >= 0.3 is 0 Å². The number of hydrogen-bond acceptors (Lipinski definition) is 5. The fraction of sp³-hybridized carbons (Fsp3) is 0.348. The Morgan fingerprint density at radius 1 is 1.06 bits per heavy atom. The summed E-state index contributed by atoms with van der Waals surface area (Å²) < 4.78 is 0. The second kappa shape index (κ2) is 9.07. The summed E-state index contributed by atoms with van der Waals surface area (Å²) in [6, 6.07) is 15.5. The number of nitrogens with zero attached hydrogens (tertiary/aromatic N) is 5. The first-order valence-electron chi connectivity index (χ1n) is 10.5. The summed E-state index contributed by atoms with van der Waals surface area (Å²) in [5.74, 6) is 0.713. The molecule has 8 heteroatoms. The van der Waals surface area contributed by atoms with Crippen molar-refractivity contribution >= 4 is 17.5 Å². The average molecular weight is 419 g/mol. The van der Waals surface area contributed by atoms with Crippen molar-refractivity contribution in [1.82, 2.24) is 25.1 Å². The van der Waals surface area contributed by atoms with E-state index in [2.05, 4.69) is 32.9 Å². The Bertz CT molecular complexity index is 1070. The normalized spacial score (nSPS) is 13.2. The molecule has 2 amide bonds. The lowest BCUT2D eigenvalue weighted by Gasteiger charge is -2.28. The second-order valence-electron chi connectivity index (χ2n) is 8.20. The molecular formula is C23H26N6O2. The summed E-state index contributed by atoms with van der Waals surface area (Å²) in [5, 5.41) is 15.3. The van der Waals surface area contributed by atoms with Gasteiger partial charge in [0.05, 0.1) is 0 Å². The number of amides is 2. The van der Waals surface area contributed by atoms with E-state index in [1.807, 2.05) is 55.1 Å². The van der Waals surface area contributed by atoms with Gasteiger partial charge in [0.25, 0.3) is 0 Å².